The number of amides is 1. The van der Waals surface area contributed by atoms with Gasteiger partial charge in [-0.2, -0.15) is 4.31 Å². The van der Waals surface area contributed by atoms with Gasteiger partial charge >= 0.3 is 0 Å². The second-order valence-electron chi connectivity index (χ2n) is 5.31. The minimum Gasteiger partial charge on any atom is -0.394 e. The highest BCUT2D eigenvalue weighted by molar-refractivity contribution is 7.88. The van der Waals surface area contributed by atoms with Gasteiger partial charge in [0.15, 0.2) is 0 Å². The zero-order valence-corrected chi connectivity index (χ0v) is 11.4. The minimum atomic E-state index is -3.34. The normalized spacial score (nSPS) is 27.8. The summed E-state index contributed by atoms with van der Waals surface area (Å²) in [6, 6.07) is -0.607. The second kappa shape index (κ2) is 4.79. The Kier molecular flexibility index (Phi) is 3.66. The van der Waals surface area contributed by atoms with Gasteiger partial charge in [0.25, 0.3) is 0 Å². The molecule has 6 nitrogen and oxygen atoms in total. The van der Waals surface area contributed by atoms with Crippen LogP contribution in [0.25, 0.3) is 0 Å². The molecule has 2 N–H and O–H groups in total. The number of carbonyl (C=O) groups excluding carboxylic acids is 1. The number of hydrogen-bond acceptors (Lipinski definition) is 4. The summed E-state index contributed by atoms with van der Waals surface area (Å²) in [6.45, 7) is 0.327. The van der Waals surface area contributed by atoms with E-state index in [1.807, 2.05) is 0 Å². The molecule has 1 heterocycles. The SMILES string of the molecule is CS(=O)(=O)N1CCCC1C(=O)NC1(CO)CCC1. The maximum Gasteiger partial charge on any atom is 0.238 e. The molecule has 1 saturated carbocycles. The predicted octanol–water partition coefficient (Wildman–Crippen LogP) is -0.558. The van der Waals surface area contributed by atoms with Crippen molar-refractivity contribution in [3.63, 3.8) is 0 Å². The molecule has 1 unspecified atom stereocenters. The molecule has 1 atom stereocenters. The van der Waals surface area contributed by atoms with Crippen LogP contribution in [0.2, 0.25) is 0 Å². The van der Waals surface area contributed by atoms with Crippen molar-refractivity contribution in [2.24, 2.45) is 0 Å². The highest BCUT2D eigenvalue weighted by atomic mass is 32.2. The van der Waals surface area contributed by atoms with Crippen molar-refractivity contribution in [1.29, 1.82) is 0 Å². The van der Waals surface area contributed by atoms with Crippen LogP contribution in [0.4, 0.5) is 0 Å². The van der Waals surface area contributed by atoms with Gasteiger partial charge in [0, 0.05) is 6.54 Å². The number of aliphatic hydroxyl groups is 1. The van der Waals surface area contributed by atoms with E-state index < -0.39 is 21.6 Å². The molecule has 2 aliphatic rings. The first-order valence-electron chi connectivity index (χ1n) is 6.28. The molecule has 1 amide bonds. The van der Waals surface area contributed by atoms with Crippen LogP contribution in [-0.2, 0) is 14.8 Å². The zero-order valence-electron chi connectivity index (χ0n) is 10.6. The van der Waals surface area contributed by atoms with Crippen LogP contribution in [0.1, 0.15) is 32.1 Å². The molecule has 1 aliphatic carbocycles. The van der Waals surface area contributed by atoms with Crippen molar-refractivity contribution in [3.05, 3.63) is 0 Å². The molecule has 0 radical (unpaired) electrons. The van der Waals surface area contributed by atoms with Crippen LogP contribution >= 0.6 is 0 Å². The molecule has 0 aromatic heterocycles. The first-order chi connectivity index (χ1) is 8.38. The van der Waals surface area contributed by atoms with Crippen LogP contribution in [0.3, 0.4) is 0 Å². The van der Waals surface area contributed by atoms with Crippen molar-refractivity contribution < 1.29 is 18.3 Å². The summed E-state index contributed by atoms with van der Waals surface area (Å²) in [4.78, 5) is 12.1. The lowest BCUT2D eigenvalue weighted by molar-refractivity contribution is -0.128. The van der Waals surface area contributed by atoms with E-state index in [4.69, 9.17) is 0 Å². The molecule has 104 valence electrons. The number of aliphatic hydroxyl groups excluding tert-OH is 1. The zero-order chi connectivity index (χ0) is 13.4. The molecular formula is C11H20N2O4S. The van der Waals surface area contributed by atoms with Crippen molar-refractivity contribution in [2.45, 2.75) is 43.7 Å². The number of nitrogens with one attached hydrogen (secondary N) is 1. The summed E-state index contributed by atoms with van der Waals surface area (Å²) in [5.74, 6) is -0.272. The van der Waals surface area contributed by atoms with E-state index in [1.165, 1.54) is 4.31 Å². The summed E-state index contributed by atoms with van der Waals surface area (Å²) in [6.07, 6.45) is 4.91. The number of carbonyl (C=O) groups is 1. The van der Waals surface area contributed by atoms with Gasteiger partial charge in [-0.1, -0.05) is 0 Å². The average Bonchev–Trinajstić information content (AvgIpc) is 2.71. The fourth-order valence-corrected chi connectivity index (χ4v) is 3.79. The Balaban J connectivity index is 2.04. The Morgan fingerprint density at radius 2 is 2.11 bits per heavy atom. The van der Waals surface area contributed by atoms with Gasteiger partial charge < -0.3 is 10.4 Å². The van der Waals surface area contributed by atoms with Crippen LogP contribution in [0.15, 0.2) is 0 Å². The largest absolute Gasteiger partial charge is 0.394 e. The standard InChI is InChI=1S/C11H20N2O4S/c1-18(16,17)13-7-2-4-9(13)10(15)12-11(8-14)5-3-6-11/h9,14H,2-8H2,1H3,(H,12,15). The summed E-state index contributed by atoms with van der Waals surface area (Å²) in [7, 11) is -3.34. The van der Waals surface area contributed by atoms with Gasteiger partial charge in [-0.05, 0) is 32.1 Å². The van der Waals surface area contributed by atoms with Gasteiger partial charge in [-0.3, -0.25) is 4.79 Å². The predicted molar refractivity (Wildman–Crippen MR) is 66.4 cm³/mol. The van der Waals surface area contributed by atoms with E-state index >= 15 is 0 Å². The van der Waals surface area contributed by atoms with Gasteiger partial charge in [0.2, 0.25) is 15.9 Å². The smallest absolute Gasteiger partial charge is 0.238 e. The molecule has 2 fully saturated rings. The van der Waals surface area contributed by atoms with Crippen LogP contribution in [-0.4, -0.2) is 54.7 Å². The molecule has 1 aliphatic heterocycles. The Morgan fingerprint density at radius 1 is 1.44 bits per heavy atom. The van der Waals surface area contributed by atoms with Crippen LogP contribution in [0, 0.1) is 0 Å². The lowest BCUT2D eigenvalue weighted by Gasteiger charge is -2.42. The summed E-state index contributed by atoms with van der Waals surface area (Å²) in [5, 5.41) is 12.1. The van der Waals surface area contributed by atoms with Crippen molar-refractivity contribution in [3.8, 4) is 0 Å². The molecule has 0 aromatic carbocycles. The van der Waals surface area contributed by atoms with E-state index in [9.17, 15) is 18.3 Å². The Labute approximate surface area is 107 Å². The maximum absolute atomic E-state index is 12.1. The summed E-state index contributed by atoms with van der Waals surface area (Å²) in [5.41, 5.74) is -0.511. The molecule has 2 rings (SSSR count). The number of hydrogen-bond donors (Lipinski definition) is 2. The van der Waals surface area contributed by atoms with Crippen LogP contribution in [0.5, 0.6) is 0 Å². The molecular weight excluding hydrogens is 256 g/mol. The van der Waals surface area contributed by atoms with E-state index in [0.717, 1.165) is 25.5 Å². The molecule has 0 aromatic rings. The molecule has 18 heavy (non-hydrogen) atoms. The van der Waals surface area contributed by atoms with E-state index in [1.54, 1.807) is 0 Å². The summed E-state index contributed by atoms with van der Waals surface area (Å²) >= 11 is 0. The second-order valence-corrected chi connectivity index (χ2v) is 7.25. The number of rotatable bonds is 4. The van der Waals surface area contributed by atoms with Crippen molar-refractivity contribution in [1.82, 2.24) is 9.62 Å². The fourth-order valence-electron chi connectivity index (χ4n) is 2.67. The van der Waals surface area contributed by atoms with Crippen molar-refractivity contribution in [2.75, 3.05) is 19.4 Å². The quantitative estimate of drug-likeness (QED) is 0.721. The molecule has 0 bridgehead atoms. The van der Waals surface area contributed by atoms with Crippen LogP contribution < -0.4 is 5.32 Å². The van der Waals surface area contributed by atoms with E-state index in [2.05, 4.69) is 5.32 Å². The third kappa shape index (κ3) is 2.53. The van der Waals surface area contributed by atoms with Crippen molar-refractivity contribution >= 4 is 15.9 Å². The number of nitrogens with zero attached hydrogens (tertiary/aromatic N) is 1. The number of sulfonamides is 1. The Bertz CT molecular complexity index is 425. The summed E-state index contributed by atoms with van der Waals surface area (Å²) < 4.78 is 24.4. The fraction of sp³-hybridized carbons (Fsp3) is 0.909. The van der Waals surface area contributed by atoms with Gasteiger partial charge in [0.05, 0.1) is 18.4 Å². The monoisotopic (exact) mass is 276 g/mol. The van der Waals surface area contributed by atoms with Gasteiger partial charge in [-0.15, -0.1) is 0 Å². The van der Waals surface area contributed by atoms with E-state index in [0.29, 0.717) is 19.4 Å². The van der Waals surface area contributed by atoms with E-state index in [-0.39, 0.29) is 12.5 Å². The third-order valence-electron chi connectivity index (χ3n) is 3.93. The average molecular weight is 276 g/mol. The molecule has 7 heteroatoms. The Hall–Kier alpha value is -0.660. The lowest BCUT2D eigenvalue weighted by atomic mass is 9.77. The highest BCUT2D eigenvalue weighted by Crippen LogP contribution is 2.32. The lowest BCUT2D eigenvalue weighted by Crippen LogP contribution is -2.60. The topological polar surface area (TPSA) is 86.7 Å². The first kappa shape index (κ1) is 13.8. The maximum atomic E-state index is 12.1. The Morgan fingerprint density at radius 3 is 2.56 bits per heavy atom. The molecule has 1 saturated heterocycles. The molecule has 0 spiro atoms. The third-order valence-corrected chi connectivity index (χ3v) is 5.22. The van der Waals surface area contributed by atoms with Gasteiger partial charge in [-0.25, -0.2) is 8.42 Å². The first-order valence-corrected chi connectivity index (χ1v) is 8.12. The highest BCUT2D eigenvalue weighted by Gasteiger charge is 2.42. The minimum absolute atomic E-state index is 0.0790. The van der Waals surface area contributed by atoms with Gasteiger partial charge in [0.1, 0.15) is 6.04 Å².